The van der Waals surface area contributed by atoms with E-state index in [1.807, 2.05) is 0 Å². The van der Waals surface area contributed by atoms with Crippen molar-refractivity contribution < 1.29 is 31.1 Å². The molecule has 0 saturated heterocycles. The van der Waals surface area contributed by atoms with Gasteiger partial charge in [-0.25, -0.2) is 13.1 Å². The van der Waals surface area contributed by atoms with Crippen molar-refractivity contribution in [2.45, 2.75) is 50.7 Å². The lowest BCUT2D eigenvalue weighted by Crippen LogP contribution is -2.40. The molecule has 0 heterocycles. The number of ether oxygens (including phenoxy) is 1. The first-order valence-corrected chi connectivity index (χ1v) is 9.76. The summed E-state index contributed by atoms with van der Waals surface area (Å²) in [6.07, 6.45) is -5.53. The highest BCUT2D eigenvalue weighted by molar-refractivity contribution is 7.89. The van der Waals surface area contributed by atoms with Gasteiger partial charge >= 0.3 is 6.18 Å². The van der Waals surface area contributed by atoms with Gasteiger partial charge in [0.25, 0.3) is 5.91 Å². The third kappa shape index (κ3) is 7.02. The van der Waals surface area contributed by atoms with E-state index in [0.29, 0.717) is 0 Å². The second kappa shape index (κ2) is 8.47. The number of benzene rings is 1. The molecule has 154 valence electrons. The molecule has 27 heavy (non-hydrogen) atoms. The Bertz CT molecular complexity index is 771. The van der Waals surface area contributed by atoms with Crippen molar-refractivity contribution >= 4 is 15.9 Å². The van der Waals surface area contributed by atoms with Crippen molar-refractivity contribution in [2.24, 2.45) is 0 Å². The molecule has 10 heteroatoms. The Morgan fingerprint density at radius 3 is 2.26 bits per heavy atom. The van der Waals surface area contributed by atoms with Gasteiger partial charge in [-0.15, -0.1) is 0 Å². The fraction of sp³-hybridized carbons (Fsp3) is 0.588. The van der Waals surface area contributed by atoms with Crippen LogP contribution < -0.4 is 9.46 Å². The quantitative estimate of drug-likeness (QED) is 0.749. The van der Waals surface area contributed by atoms with Crippen LogP contribution in [0.15, 0.2) is 23.1 Å². The van der Waals surface area contributed by atoms with Crippen LogP contribution in [0.5, 0.6) is 5.75 Å². The van der Waals surface area contributed by atoms with Crippen LogP contribution in [0.1, 0.15) is 44.5 Å². The molecule has 1 aromatic rings. The van der Waals surface area contributed by atoms with E-state index in [1.54, 1.807) is 27.7 Å². The molecule has 0 spiro atoms. The molecular weight excluding hydrogens is 385 g/mol. The molecule has 0 aliphatic rings. The second-order valence-electron chi connectivity index (χ2n) is 6.97. The van der Waals surface area contributed by atoms with Gasteiger partial charge in [-0.3, -0.25) is 4.79 Å². The van der Waals surface area contributed by atoms with Gasteiger partial charge in [0.1, 0.15) is 10.6 Å². The number of methoxy groups -OCH3 is 1. The van der Waals surface area contributed by atoms with Crippen LogP contribution in [0.2, 0.25) is 0 Å². The minimum Gasteiger partial charge on any atom is -0.495 e. The largest absolute Gasteiger partial charge is 0.495 e. The third-order valence-corrected chi connectivity index (χ3v) is 5.25. The van der Waals surface area contributed by atoms with Crippen LogP contribution in [0, 0.1) is 0 Å². The van der Waals surface area contributed by atoms with Gasteiger partial charge in [-0.05, 0) is 45.9 Å². The van der Waals surface area contributed by atoms with Crippen molar-refractivity contribution in [2.75, 3.05) is 20.2 Å². The molecule has 0 aromatic heterocycles. The molecule has 1 amide bonds. The first-order chi connectivity index (χ1) is 12.2. The molecule has 1 rings (SSSR count). The molecule has 0 aliphatic carbocycles. The summed E-state index contributed by atoms with van der Waals surface area (Å²) in [6, 6.07) is 3.75. The Labute approximate surface area is 157 Å². The molecule has 0 fully saturated rings. The highest BCUT2D eigenvalue weighted by Gasteiger charge is 2.30. The fourth-order valence-electron chi connectivity index (χ4n) is 2.33. The number of sulfonamides is 1. The maximum atomic E-state index is 12.6. The maximum absolute atomic E-state index is 12.6. The highest BCUT2D eigenvalue weighted by Crippen LogP contribution is 2.27. The van der Waals surface area contributed by atoms with Crippen molar-refractivity contribution in [3.05, 3.63) is 23.8 Å². The maximum Gasteiger partial charge on any atom is 0.390 e. The van der Waals surface area contributed by atoms with Crippen LogP contribution in [-0.4, -0.2) is 51.1 Å². The lowest BCUT2D eigenvalue weighted by molar-refractivity contribution is -0.136. The van der Waals surface area contributed by atoms with Crippen molar-refractivity contribution in [1.82, 2.24) is 9.62 Å². The zero-order valence-electron chi connectivity index (χ0n) is 16.0. The number of nitrogens with zero attached hydrogens (tertiary/aromatic N) is 1. The summed E-state index contributed by atoms with van der Waals surface area (Å²) in [6.45, 7) is 6.07. The summed E-state index contributed by atoms with van der Waals surface area (Å²) < 4.78 is 70.2. The Morgan fingerprint density at radius 1 is 1.22 bits per heavy atom. The molecule has 0 atom stereocenters. The lowest BCUT2D eigenvalue weighted by atomic mass is 10.1. The van der Waals surface area contributed by atoms with E-state index in [4.69, 9.17) is 4.74 Å². The summed E-state index contributed by atoms with van der Waals surface area (Å²) in [5.74, 6) is -0.654. The van der Waals surface area contributed by atoms with Gasteiger partial charge in [0.05, 0.1) is 13.5 Å². The summed E-state index contributed by atoms with van der Waals surface area (Å²) >= 11 is 0. The second-order valence-corrected chi connectivity index (χ2v) is 8.62. The highest BCUT2D eigenvalue weighted by atomic mass is 32.2. The van der Waals surface area contributed by atoms with E-state index in [9.17, 15) is 26.4 Å². The monoisotopic (exact) mass is 410 g/mol. The molecule has 0 bridgehead atoms. The zero-order chi connectivity index (χ0) is 21.0. The number of amides is 1. The summed E-state index contributed by atoms with van der Waals surface area (Å²) in [7, 11) is -2.72. The number of carbonyl (C=O) groups is 1. The number of halogens is 3. The lowest BCUT2D eigenvalue weighted by Gasteiger charge is -2.23. The standard InChI is InChI=1S/C17H25F3N2O4S/c1-6-22(10-9-17(18,19)20)15(23)12-7-8-13(26-5)14(11-12)27(24,25)21-16(2,3)4/h7-8,11,21H,6,9-10H2,1-5H3. The first kappa shape index (κ1) is 23.2. The van der Waals surface area contributed by atoms with Gasteiger partial charge in [-0.1, -0.05) is 0 Å². The van der Waals surface area contributed by atoms with Gasteiger partial charge < -0.3 is 9.64 Å². The van der Waals surface area contributed by atoms with E-state index in [0.717, 1.165) is 11.0 Å². The number of carbonyl (C=O) groups excluding carboxylic acids is 1. The van der Waals surface area contributed by atoms with E-state index >= 15 is 0 Å². The molecule has 0 aliphatic heterocycles. The van der Waals surface area contributed by atoms with E-state index in [-0.39, 0.29) is 22.8 Å². The van der Waals surface area contributed by atoms with Crippen molar-refractivity contribution in [3.8, 4) is 5.75 Å². The van der Waals surface area contributed by atoms with Crippen molar-refractivity contribution in [1.29, 1.82) is 0 Å². The predicted molar refractivity (Wildman–Crippen MR) is 95.3 cm³/mol. The minimum atomic E-state index is -4.39. The number of rotatable bonds is 7. The Morgan fingerprint density at radius 2 is 1.81 bits per heavy atom. The fourth-order valence-corrected chi connectivity index (χ4v) is 3.94. The molecule has 1 N–H and O–H groups in total. The summed E-state index contributed by atoms with van der Waals surface area (Å²) in [4.78, 5) is 13.3. The van der Waals surface area contributed by atoms with E-state index in [2.05, 4.69) is 4.72 Å². The average Bonchev–Trinajstić information content (AvgIpc) is 2.51. The SMILES string of the molecule is CCN(CCC(F)(F)F)C(=O)c1ccc(OC)c(S(=O)(=O)NC(C)(C)C)c1. The van der Waals surface area contributed by atoms with E-state index in [1.165, 1.54) is 19.2 Å². The Kier molecular flexibility index (Phi) is 7.29. The molecule has 0 unspecified atom stereocenters. The van der Waals surface area contributed by atoms with Gasteiger partial charge in [0, 0.05) is 24.2 Å². The van der Waals surface area contributed by atoms with Gasteiger partial charge in [-0.2, -0.15) is 13.2 Å². The number of hydrogen-bond donors (Lipinski definition) is 1. The smallest absolute Gasteiger partial charge is 0.390 e. The third-order valence-electron chi connectivity index (χ3n) is 3.47. The Balaban J connectivity index is 3.25. The van der Waals surface area contributed by atoms with Crippen molar-refractivity contribution in [3.63, 3.8) is 0 Å². The number of alkyl halides is 3. The zero-order valence-corrected chi connectivity index (χ0v) is 16.8. The van der Waals surface area contributed by atoms with Crippen LogP contribution in [-0.2, 0) is 10.0 Å². The van der Waals surface area contributed by atoms with Crippen LogP contribution in [0.3, 0.4) is 0 Å². The number of hydrogen-bond acceptors (Lipinski definition) is 4. The molecule has 0 saturated carbocycles. The molecule has 0 radical (unpaired) electrons. The van der Waals surface area contributed by atoms with Crippen LogP contribution >= 0.6 is 0 Å². The minimum absolute atomic E-state index is 0.0293. The topological polar surface area (TPSA) is 75.7 Å². The number of nitrogens with one attached hydrogen (secondary N) is 1. The van der Waals surface area contributed by atoms with Gasteiger partial charge in [0.15, 0.2) is 0 Å². The molecule has 6 nitrogen and oxygen atoms in total. The Hall–Kier alpha value is -1.81. The summed E-state index contributed by atoms with van der Waals surface area (Å²) in [5, 5.41) is 0. The van der Waals surface area contributed by atoms with Crippen LogP contribution in [0.25, 0.3) is 0 Å². The molecular formula is C17H25F3N2O4S. The predicted octanol–water partition coefficient (Wildman–Crippen LogP) is 3.19. The molecule has 1 aromatic carbocycles. The van der Waals surface area contributed by atoms with Crippen LogP contribution in [0.4, 0.5) is 13.2 Å². The van der Waals surface area contributed by atoms with Gasteiger partial charge in [0.2, 0.25) is 10.0 Å². The summed E-state index contributed by atoms with van der Waals surface area (Å²) in [5.41, 5.74) is -0.805. The van der Waals surface area contributed by atoms with E-state index < -0.39 is 40.6 Å². The first-order valence-electron chi connectivity index (χ1n) is 8.28. The average molecular weight is 410 g/mol. The normalized spacial score (nSPS) is 12.7.